The first-order valence-electron chi connectivity index (χ1n) is 6.88. The Bertz CT molecular complexity index is 569. The average Bonchev–Trinajstić information content (AvgIpc) is 2.98. The summed E-state index contributed by atoms with van der Waals surface area (Å²) < 4.78 is 26.9. The van der Waals surface area contributed by atoms with Gasteiger partial charge >= 0.3 is 0 Å². The number of H-pyrrole nitrogens is 1. The molecule has 1 fully saturated rings. The maximum absolute atomic E-state index is 13.7. The number of likely N-dealkylation sites (tertiary alicyclic amines) is 1. The number of halogens is 2. The number of aromatic amines is 1. The Hall–Kier alpha value is -1.75. The normalized spacial score (nSPS) is 20.2. The lowest BCUT2D eigenvalue weighted by molar-refractivity contribution is 0.195. The van der Waals surface area contributed by atoms with Crippen LogP contribution >= 0.6 is 0 Å². The zero-order valence-electron chi connectivity index (χ0n) is 11.1. The van der Waals surface area contributed by atoms with Crippen molar-refractivity contribution < 1.29 is 8.78 Å². The van der Waals surface area contributed by atoms with E-state index in [9.17, 15) is 8.78 Å². The lowest BCUT2D eigenvalue weighted by atomic mass is 9.94. The molecule has 3 rings (SSSR count). The van der Waals surface area contributed by atoms with E-state index in [2.05, 4.69) is 15.1 Å². The van der Waals surface area contributed by atoms with Crippen LogP contribution in [-0.2, 0) is 6.54 Å². The van der Waals surface area contributed by atoms with Crippen molar-refractivity contribution in [2.75, 3.05) is 13.1 Å². The molecule has 0 saturated carbocycles. The fraction of sp³-hybridized carbons (Fsp3) is 0.400. The summed E-state index contributed by atoms with van der Waals surface area (Å²) in [6, 6.07) is 6.35. The third-order valence-corrected chi connectivity index (χ3v) is 3.89. The van der Waals surface area contributed by atoms with E-state index in [0.717, 1.165) is 37.7 Å². The minimum atomic E-state index is -0.773. The minimum absolute atomic E-state index is 0.392. The van der Waals surface area contributed by atoms with Gasteiger partial charge in [0.05, 0.1) is 0 Å². The van der Waals surface area contributed by atoms with Crippen LogP contribution in [0.5, 0.6) is 0 Å². The topological polar surface area (TPSA) is 31.9 Å². The van der Waals surface area contributed by atoms with Gasteiger partial charge in [-0.1, -0.05) is 12.1 Å². The van der Waals surface area contributed by atoms with Crippen LogP contribution in [-0.4, -0.2) is 28.2 Å². The van der Waals surface area contributed by atoms with E-state index in [1.165, 1.54) is 0 Å². The second-order valence-corrected chi connectivity index (χ2v) is 5.30. The van der Waals surface area contributed by atoms with Crippen LogP contribution in [0.4, 0.5) is 8.78 Å². The summed E-state index contributed by atoms with van der Waals surface area (Å²) in [7, 11) is 0. The van der Waals surface area contributed by atoms with Gasteiger partial charge in [-0.15, -0.1) is 0 Å². The first-order valence-corrected chi connectivity index (χ1v) is 6.88. The van der Waals surface area contributed by atoms with E-state index >= 15 is 0 Å². The summed E-state index contributed by atoms with van der Waals surface area (Å²) in [4.78, 5) is 2.17. The summed E-state index contributed by atoms with van der Waals surface area (Å²) in [6.07, 6.45) is 3.91. The lowest BCUT2D eigenvalue weighted by Gasteiger charge is -2.32. The van der Waals surface area contributed by atoms with Crippen molar-refractivity contribution in [1.82, 2.24) is 15.1 Å². The molecule has 1 atom stereocenters. The number of benzene rings is 1. The molecule has 1 aliphatic rings. The van der Waals surface area contributed by atoms with Gasteiger partial charge in [0.25, 0.3) is 0 Å². The van der Waals surface area contributed by atoms with Crippen molar-refractivity contribution in [2.45, 2.75) is 25.3 Å². The number of rotatable bonds is 3. The van der Waals surface area contributed by atoms with Crippen LogP contribution in [0, 0.1) is 11.6 Å². The summed E-state index contributed by atoms with van der Waals surface area (Å²) in [5.41, 5.74) is 1.55. The average molecular weight is 277 g/mol. The fourth-order valence-corrected chi connectivity index (χ4v) is 2.86. The Labute approximate surface area is 116 Å². The molecule has 1 aromatic carbocycles. The standard InChI is InChI=1S/C15H17F2N3/c16-13-5-1-3-12(15(13)17)10-20-8-2-4-11(9-20)14-6-7-18-19-14/h1,3,5-7,11H,2,4,8-10H2,(H,18,19). The van der Waals surface area contributed by atoms with Gasteiger partial charge in [-0.3, -0.25) is 10.00 Å². The van der Waals surface area contributed by atoms with Gasteiger partial charge in [0, 0.05) is 36.5 Å². The molecule has 2 aromatic rings. The molecule has 20 heavy (non-hydrogen) atoms. The largest absolute Gasteiger partial charge is 0.298 e. The molecule has 0 bridgehead atoms. The third-order valence-electron chi connectivity index (χ3n) is 3.89. The Morgan fingerprint density at radius 2 is 2.20 bits per heavy atom. The summed E-state index contributed by atoms with van der Waals surface area (Å²) >= 11 is 0. The maximum atomic E-state index is 13.7. The second-order valence-electron chi connectivity index (χ2n) is 5.30. The van der Waals surface area contributed by atoms with Crippen molar-refractivity contribution in [3.63, 3.8) is 0 Å². The zero-order chi connectivity index (χ0) is 13.9. The van der Waals surface area contributed by atoms with E-state index in [1.807, 2.05) is 6.07 Å². The molecule has 0 amide bonds. The van der Waals surface area contributed by atoms with Gasteiger partial charge in [0.2, 0.25) is 0 Å². The number of hydrogen-bond donors (Lipinski definition) is 1. The summed E-state index contributed by atoms with van der Waals surface area (Å²) in [6.45, 7) is 2.22. The highest BCUT2D eigenvalue weighted by Crippen LogP contribution is 2.26. The molecule has 1 unspecified atom stereocenters. The van der Waals surface area contributed by atoms with Crippen molar-refractivity contribution in [1.29, 1.82) is 0 Å². The van der Waals surface area contributed by atoms with Gasteiger partial charge in [-0.25, -0.2) is 8.78 Å². The Morgan fingerprint density at radius 1 is 1.30 bits per heavy atom. The predicted octanol–water partition coefficient (Wildman–Crippen LogP) is 3.07. The van der Waals surface area contributed by atoms with E-state index in [1.54, 1.807) is 18.3 Å². The molecule has 0 aliphatic carbocycles. The predicted molar refractivity (Wildman–Crippen MR) is 72.2 cm³/mol. The maximum Gasteiger partial charge on any atom is 0.163 e. The van der Waals surface area contributed by atoms with Crippen LogP contribution in [0.1, 0.15) is 30.0 Å². The molecular weight excluding hydrogens is 260 g/mol. The monoisotopic (exact) mass is 277 g/mol. The molecule has 5 heteroatoms. The van der Waals surface area contributed by atoms with Crippen LogP contribution in [0.2, 0.25) is 0 Å². The highest BCUT2D eigenvalue weighted by molar-refractivity contribution is 5.19. The third kappa shape index (κ3) is 2.72. The highest BCUT2D eigenvalue weighted by atomic mass is 19.2. The number of piperidine rings is 1. The van der Waals surface area contributed by atoms with E-state index in [4.69, 9.17) is 0 Å². The number of aromatic nitrogens is 2. The Morgan fingerprint density at radius 3 is 3.00 bits per heavy atom. The molecule has 1 N–H and O–H groups in total. The second kappa shape index (κ2) is 5.71. The zero-order valence-corrected chi connectivity index (χ0v) is 11.1. The van der Waals surface area contributed by atoms with Crippen LogP contribution in [0.15, 0.2) is 30.5 Å². The molecule has 0 spiro atoms. The van der Waals surface area contributed by atoms with Gasteiger partial charge in [0.15, 0.2) is 11.6 Å². The van der Waals surface area contributed by atoms with E-state index in [-0.39, 0.29) is 0 Å². The van der Waals surface area contributed by atoms with Gasteiger partial charge in [0.1, 0.15) is 0 Å². The fourth-order valence-electron chi connectivity index (χ4n) is 2.86. The van der Waals surface area contributed by atoms with Crippen molar-refractivity contribution in [3.05, 3.63) is 53.4 Å². The number of hydrogen-bond acceptors (Lipinski definition) is 2. The van der Waals surface area contributed by atoms with Crippen molar-refractivity contribution >= 4 is 0 Å². The van der Waals surface area contributed by atoms with Gasteiger partial charge in [-0.05, 0) is 31.5 Å². The minimum Gasteiger partial charge on any atom is -0.298 e. The smallest absolute Gasteiger partial charge is 0.163 e. The van der Waals surface area contributed by atoms with Crippen molar-refractivity contribution in [3.8, 4) is 0 Å². The van der Waals surface area contributed by atoms with Gasteiger partial charge < -0.3 is 0 Å². The van der Waals surface area contributed by atoms with Crippen LogP contribution < -0.4 is 0 Å². The van der Waals surface area contributed by atoms with E-state index in [0.29, 0.717) is 18.0 Å². The van der Waals surface area contributed by atoms with Crippen molar-refractivity contribution in [2.24, 2.45) is 0 Å². The first kappa shape index (κ1) is 13.2. The Balaban J connectivity index is 1.70. The SMILES string of the molecule is Fc1cccc(CN2CCCC(c3ccn[nH]3)C2)c1F. The molecule has 3 nitrogen and oxygen atoms in total. The summed E-state index contributed by atoms with van der Waals surface area (Å²) in [5.74, 6) is -1.11. The molecule has 106 valence electrons. The number of nitrogens with one attached hydrogen (secondary N) is 1. The number of nitrogens with zero attached hydrogens (tertiary/aromatic N) is 2. The molecule has 0 radical (unpaired) electrons. The molecule has 2 heterocycles. The Kier molecular flexibility index (Phi) is 3.78. The molecule has 1 aliphatic heterocycles. The highest BCUT2D eigenvalue weighted by Gasteiger charge is 2.23. The molecular formula is C15H17F2N3. The first-order chi connectivity index (χ1) is 9.74. The molecule has 1 saturated heterocycles. The van der Waals surface area contributed by atoms with E-state index < -0.39 is 11.6 Å². The summed E-state index contributed by atoms with van der Waals surface area (Å²) in [5, 5.41) is 6.98. The van der Waals surface area contributed by atoms with Gasteiger partial charge in [-0.2, -0.15) is 5.10 Å². The molecule has 1 aromatic heterocycles. The van der Waals surface area contributed by atoms with Crippen LogP contribution in [0.25, 0.3) is 0 Å². The lowest BCUT2D eigenvalue weighted by Crippen LogP contribution is -2.34. The quantitative estimate of drug-likeness (QED) is 0.935. The van der Waals surface area contributed by atoms with Crippen LogP contribution in [0.3, 0.4) is 0 Å².